The molecule has 0 unspecified atom stereocenters. The fourth-order valence-electron chi connectivity index (χ4n) is 0.960. The highest BCUT2D eigenvalue weighted by atomic mass is 16.1. The molecule has 0 saturated carbocycles. The van der Waals surface area contributed by atoms with Crippen molar-refractivity contribution in [3.8, 4) is 0 Å². The van der Waals surface area contributed by atoms with Gasteiger partial charge in [-0.2, -0.15) is 0 Å². The van der Waals surface area contributed by atoms with Crippen LogP contribution in [-0.4, -0.2) is 12.5 Å². The number of carbonyl (C=O) groups excluding carboxylic acids is 1. The number of carbonyl (C=O) groups is 1. The zero-order chi connectivity index (χ0) is 11.7. The lowest BCUT2D eigenvalue weighted by molar-refractivity contribution is -0.109. The van der Waals surface area contributed by atoms with Crippen LogP contribution < -0.4 is 5.32 Å². The summed E-state index contributed by atoms with van der Waals surface area (Å²) in [4.78, 5) is 9.50. The fraction of sp³-hybridized carbons (Fsp3) is 0.462. The summed E-state index contributed by atoms with van der Waals surface area (Å²) in [5.41, 5.74) is 2.76. The molecule has 1 aromatic carbocycles. The Morgan fingerprint density at radius 3 is 2.07 bits per heavy atom. The molecule has 2 heteroatoms. The molecule has 1 amide bonds. The second-order valence-electron chi connectivity index (χ2n) is 3.78. The monoisotopic (exact) mass is 207 g/mol. The van der Waals surface area contributed by atoms with E-state index in [0.29, 0.717) is 6.41 Å². The molecular formula is C13H21NO. The minimum Gasteiger partial charge on any atom is -0.357 e. The van der Waals surface area contributed by atoms with Crippen LogP contribution in [0.3, 0.4) is 0 Å². The third kappa shape index (κ3) is 7.74. The molecule has 84 valence electrons. The first-order chi connectivity index (χ1) is 7.10. The number of nitrogens with one attached hydrogen (secondary N) is 1. The summed E-state index contributed by atoms with van der Waals surface area (Å²) >= 11 is 0. The Morgan fingerprint density at radius 2 is 1.80 bits per heavy atom. The van der Waals surface area contributed by atoms with Crippen molar-refractivity contribution in [3.05, 3.63) is 35.4 Å². The smallest absolute Gasteiger partial charge is 0.207 e. The van der Waals surface area contributed by atoms with Gasteiger partial charge in [0.25, 0.3) is 0 Å². The minimum absolute atomic E-state index is 0.280. The van der Waals surface area contributed by atoms with Gasteiger partial charge in [0, 0.05) is 6.04 Å². The van der Waals surface area contributed by atoms with E-state index in [2.05, 4.69) is 43.4 Å². The number of aryl methyl sites for hydroxylation is 2. The number of hydrogen-bond acceptors (Lipinski definition) is 1. The summed E-state index contributed by atoms with van der Waals surface area (Å²) in [6.45, 7) is 8.10. The maximum absolute atomic E-state index is 9.50. The van der Waals surface area contributed by atoms with Crippen molar-refractivity contribution < 1.29 is 4.79 Å². The third-order valence-corrected chi connectivity index (χ3v) is 1.93. The first-order valence-corrected chi connectivity index (χ1v) is 5.35. The van der Waals surface area contributed by atoms with Gasteiger partial charge in [-0.15, -0.1) is 0 Å². The summed E-state index contributed by atoms with van der Waals surface area (Å²) in [5.74, 6) is 0. The lowest BCUT2D eigenvalue weighted by Gasteiger charge is -1.96. The van der Waals surface area contributed by atoms with Crippen molar-refractivity contribution in [3.63, 3.8) is 0 Å². The van der Waals surface area contributed by atoms with Gasteiger partial charge in [0.1, 0.15) is 0 Å². The molecule has 0 aliphatic rings. The highest BCUT2D eigenvalue weighted by Gasteiger charge is 1.84. The molecule has 0 saturated heterocycles. The van der Waals surface area contributed by atoms with Crippen LogP contribution in [0.1, 0.15) is 31.9 Å². The second-order valence-corrected chi connectivity index (χ2v) is 3.78. The molecule has 0 spiro atoms. The maximum atomic E-state index is 9.50. The molecule has 0 atom stereocenters. The summed E-state index contributed by atoms with van der Waals surface area (Å²) < 4.78 is 0. The van der Waals surface area contributed by atoms with Crippen molar-refractivity contribution in [1.29, 1.82) is 0 Å². The van der Waals surface area contributed by atoms with E-state index < -0.39 is 0 Å². The highest BCUT2D eigenvalue weighted by Crippen LogP contribution is 2.02. The van der Waals surface area contributed by atoms with Crippen LogP contribution in [0.25, 0.3) is 0 Å². The van der Waals surface area contributed by atoms with Crippen LogP contribution in [0.2, 0.25) is 0 Å². The number of benzene rings is 1. The number of amides is 1. The molecule has 0 aromatic heterocycles. The van der Waals surface area contributed by atoms with E-state index in [9.17, 15) is 4.79 Å². The van der Waals surface area contributed by atoms with Gasteiger partial charge in [-0.25, -0.2) is 0 Å². The molecule has 1 aromatic rings. The van der Waals surface area contributed by atoms with Gasteiger partial charge in [-0.1, -0.05) is 36.8 Å². The van der Waals surface area contributed by atoms with Crippen LogP contribution in [0.5, 0.6) is 0 Å². The molecule has 15 heavy (non-hydrogen) atoms. The fourth-order valence-corrected chi connectivity index (χ4v) is 0.960. The van der Waals surface area contributed by atoms with Crippen LogP contribution in [0.15, 0.2) is 24.3 Å². The second kappa shape index (κ2) is 8.04. The van der Waals surface area contributed by atoms with Gasteiger partial charge in [0.15, 0.2) is 0 Å². The molecule has 0 aliphatic heterocycles. The van der Waals surface area contributed by atoms with Gasteiger partial charge in [0.2, 0.25) is 6.41 Å². The Labute approximate surface area is 92.7 Å². The predicted octanol–water partition coefficient (Wildman–Crippen LogP) is 2.70. The average Bonchev–Trinajstić information content (AvgIpc) is 2.20. The Kier molecular flexibility index (Phi) is 7.33. The minimum atomic E-state index is 0.280. The van der Waals surface area contributed by atoms with Crippen LogP contribution in [-0.2, 0) is 11.2 Å². The van der Waals surface area contributed by atoms with Crippen molar-refractivity contribution >= 4 is 6.41 Å². The Balaban J connectivity index is 0.000000288. The van der Waals surface area contributed by atoms with Crippen LogP contribution in [0, 0.1) is 6.92 Å². The summed E-state index contributed by atoms with van der Waals surface area (Å²) in [5, 5.41) is 2.53. The van der Waals surface area contributed by atoms with Crippen molar-refractivity contribution in [2.24, 2.45) is 0 Å². The highest BCUT2D eigenvalue weighted by molar-refractivity contribution is 5.46. The van der Waals surface area contributed by atoms with Crippen molar-refractivity contribution in [1.82, 2.24) is 5.32 Å². The average molecular weight is 207 g/mol. The summed E-state index contributed by atoms with van der Waals surface area (Å²) in [7, 11) is 0. The van der Waals surface area contributed by atoms with Gasteiger partial charge in [0.05, 0.1) is 0 Å². The molecule has 0 aliphatic carbocycles. The van der Waals surface area contributed by atoms with Crippen LogP contribution >= 0.6 is 0 Å². The van der Waals surface area contributed by atoms with Gasteiger partial charge in [-0.3, -0.25) is 4.79 Å². The first-order valence-electron chi connectivity index (χ1n) is 5.35. The van der Waals surface area contributed by atoms with Crippen molar-refractivity contribution in [2.75, 3.05) is 0 Å². The standard InChI is InChI=1S/C9H12.C4H9NO/c1-3-9-6-4-8(2)5-7-9;1-4(2)5-3-6/h4-7H,3H2,1-2H3;3-4H,1-2H3,(H,5,6). The van der Waals surface area contributed by atoms with E-state index >= 15 is 0 Å². The molecule has 0 radical (unpaired) electrons. The molecule has 0 fully saturated rings. The number of rotatable bonds is 3. The molecule has 0 heterocycles. The number of hydrogen-bond donors (Lipinski definition) is 1. The van der Waals surface area contributed by atoms with E-state index in [0.717, 1.165) is 6.42 Å². The van der Waals surface area contributed by atoms with Gasteiger partial charge >= 0.3 is 0 Å². The van der Waals surface area contributed by atoms with E-state index in [1.54, 1.807) is 0 Å². The SMILES string of the molecule is CC(C)NC=O.CCc1ccc(C)cc1. The van der Waals surface area contributed by atoms with E-state index in [-0.39, 0.29) is 6.04 Å². The molecule has 0 bridgehead atoms. The topological polar surface area (TPSA) is 29.1 Å². The lowest BCUT2D eigenvalue weighted by Crippen LogP contribution is -2.19. The maximum Gasteiger partial charge on any atom is 0.207 e. The van der Waals surface area contributed by atoms with E-state index in [1.165, 1.54) is 11.1 Å². The molecule has 1 rings (SSSR count). The van der Waals surface area contributed by atoms with E-state index in [1.807, 2.05) is 13.8 Å². The summed E-state index contributed by atoms with van der Waals surface area (Å²) in [6, 6.07) is 8.94. The van der Waals surface area contributed by atoms with Crippen molar-refractivity contribution in [2.45, 2.75) is 40.2 Å². The largest absolute Gasteiger partial charge is 0.357 e. The summed E-state index contributed by atoms with van der Waals surface area (Å²) in [6.07, 6.45) is 1.84. The van der Waals surface area contributed by atoms with E-state index in [4.69, 9.17) is 0 Å². The van der Waals surface area contributed by atoms with Crippen LogP contribution in [0.4, 0.5) is 0 Å². The molecular weight excluding hydrogens is 186 g/mol. The Morgan fingerprint density at radius 1 is 1.27 bits per heavy atom. The third-order valence-electron chi connectivity index (χ3n) is 1.93. The zero-order valence-corrected chi connectivity index (χ0v) is 10.1. The zero-order valence-electron chi connectivity index (χ0n) is 10.1. The molecule has 1 N–H and O–H groups in total. The van der Waals surface area contributed by atoms with Gasteiger partial charge in [-0.05, 0) is 32.8 Å². The predicted molar refractivity (Wildman–Crippen MR) is 64.9 cm³/mol. The Bertz CT molecular complexity index is 264. The molecule has 2 nitrogen and oxygen atoms in total. The Hall–Kier alpha value is -1.31. The normalized spacial score (nSPS) is 9.13. The first kappa shape index (κ1) is 13.7. The van der Waals surface area contributed by atoms with Gasteiger partial charge < -0.3 is 5.32 Å². The quantitative estimate of drug-likeness (QED) is 0.759. The lowest BCUT2D eigenvalue weighted by atomic mass is 10.1.